The second-order valence-electron chi connectivity index (χ2n) is 4.07. The molecule has 0 saturated carbocycles. The van der Waals surface area contributed by atoms with Crippen molar-refractivity contribution in [2.75, 3.05) is 20.3 Å². The molecule has 1 rings (SSSR count). The summed E-state index contributed by atoms with van der Waals surface area (Å²) >= 11 is 0. The van der Waals surface area contributed by atoms with Crippen LogP contribution in [0.2, 0.25) is 0 Å². The molecule has 2 heteroatoms. The van der Waals surface area contributed by atoms with Crippen molar-refractivity contribution in [3.05, 3.63) is 0 Å². The van der Waals surface area contributed by atoms with Crippen molar-refractivity contribution in [2.45, 2.75) is 32.2 Å². The van der Waals surface area contributed by atoms with Crippen LogP contribution in [0.4, 0.5) is 0 Å². The summed E-state index contributed by atoms with van der Waals surface area (Å²) in [6, 6.07) is 0. The third kappa shape index (κ3) is 2.80. The van der Waals surface area contributed by atoms with Gasteiger partial charge in [-0.05, 0) is 39.7 Å². The van der Waals surface area contributed by atoms with Crippen molar-refractivity contribution in [2.24, 2.45) is 5.92 Å². The molecule has 66 valence electrons. The van der Waals surface area contributed by atoms with Crippen LogP contribution in [0.3, 0.4) is 0 Å². The van der Waals surface area contributed by atoms with E-state index >= 15 is 0 Å². The van der Waals surface area contributed by atoms with Crippen molar-refractivity contribution in [1.29, 1.82) is 0 Å². The van der Waals surface area contributed by atoms with Crippen LogP contribution >= 0.6 is 0 Å². The van der Waals surface area contributed by atoms with Gasteiger partial charge in [-0.2, -0.15) is 0 Å². The average molecular weight is 157 g/mol. The fraction of sp³-hybridized carbons (Fsp3) is 1.00. The van der Waals surface area contributed by atoms with E-state index in [2.05, 4.69) is 19.2 Å². The topological polar surface area (TPSA) is 21.3 Å². The van der Waals surface area contributed by atoms with E-state index in [9.17, 15) is 0 Å². The van der Waals surface area contributed by atoms with Crippen LogP contribution < -0.4 is 5.32 Å². The molecule has 1 saturated heterocycles. The average Bonchev–Trinajstić information content (AvgIpc) is 2.39. The molecule has 1 N–H and O–H groups in total. The lowest BCUT2D eigenvalue weighted by molar-refractivity contribution is 0.176. The number of hydrogen-bond acceptors (Lipinski definition) is 2. The van der Waals surface area contributed by atoms with E-state index < -0.39 is 0 Å². The largest absolute Gasteiger partial charge is 0.381 e. The summed E-state index contributed by atoms with van der Waals surface area (Å²) in [7, 11) is 2.02. The van der Waals surface area contributed by atoms with Gasteiger partial charge in [-0.1, -0.05) is 0 Å². The maximum atomic E-state index is 5.32. The first-order chi connectivity index (χ1) is 5.14. The first kappa shape index (κ1) is 9.01. The van der Waals surface area contributed by atoms with Crippen LogP contribution in [0, 0.1) is 5.92 Å². The molecule has 11 heavy (non-hydrogen) atoms. The van der Waals surface area contributed by atoms with E-state index in [-0.39, 0.29) is 5.54 Å². The Kier molecular flexibility index (Phi) is 2.90. The van der Waals surface area contributed by atoms with Crippen molar-refractivity contribution in [1.82, 2.24) is 5.32 Å². The van der Waals surface area contributed by atoms with Crippen molar-refractivity contribution >= 4 is 0 Å². The molecule has 1 atom stereocenters. The predicted octanol–water partition coefficient (Wildman–Crippen LogP) is 1.41. The van der Waals surface area contributed by atoms with Gasteiger partial charge in [0.1, 0.15) is 0 Å². The lowest BCUT2D eigenvalue weighted by Crippen LogP contribution is -2.38. The van der Waals surface area contributed by atoms with Crippen molar-refractivity contribution < 1.29 is 4.74 Å². The lowest BCUT2D eigenvalue weighted by Gasteiger charge is -2.26. The highest BCUT2D eigenvalue weighted by atomic mass is 16.5. The molecular formula is C9H19NO. The third-order valence-corrected chi connectivity index (χ3v) is 2.50. The number of nitrogens with one attached hydrogen (secondary N) is 1. The van der Waals surface area contributed by atoms with Gasteiger partial charge in [0.25, 0.3) is 0 Å². The summed E-state index contributed by atoms with van der Waals surface area (Å²) in [5.74, 6) is 0.775. The van der Waals surface area contributed by atoms with Crippen molar-refractivity contribution in [3.8, 4) is 0 Å². The second kappa shape index (κ2) is 3.55. The van der Waals surface area contributed by atoms with Crippen LogP contribution in [0.15, 0.2) is 0 Å². The predicted molar refractivity (Wildman–Crippen MR) is 46.7 cm³/mol. The molecule has 1 heterocycles. The normalized spacial score (nSPS) is 25.9. The summed E-state index contributed by atoms with van der Waals surface area (Å²) in [5.41, 5.74) is 0.276. The van der Waals surface area contributed by atoms with E-state index in [1.54, 1.807) is 0 Å². The number of rotatable bonds is 3. The van der Waals surface area contributed by atoms with Crippen LogP contribution in [-0.4, -0.2) is 25.8 Å². The minimum atomic E-state index is 0.276. The number of ether oxygens (including phenoxy) is 1. The fourth-order valence-corrected chi connectivity index (χ4v) is 1.57. The Balaban J connectivity index is 2.28. The Morgan fingerprint density at radius 2 is 2.27 bits per heavy atom. The molecule has 2 nitrogen and oxygen atoms in total. The van der Waals surface area contributed by atoms with Gasteiger partial charge < -0.3 is 10.1 Å². The number of hydrogen-bond donors (Lipinski definition) is 1. The highest BCUT2D eigenvalue weighted by Crippen LogP contribution is 2.22. The van der Waals surface area contributed by atoms with Gasteiger partial charge in [-0.25, -0.2) is 0 Å². The van der Waals surface area contributed by atoms with E-state index in [4.69, 9.17) is 4.74 Å². The maximum absolute atomic E-state index is 5.32. The van der Waals surface area contributed by atoms with Crippen molar-refractivity contribution in [3.63, 3.8) is 0 Å². The van der Waals surface area contributed by atoms with Gasteiger partial charge in [-0.15, -0.1) is 0 Å². The Hall–Kier alpha value is -0.0800. The first-order valence-electron chi connectivity index (χ1n) is 4.41. The molecule has 0 radical (unpaired) electrons. The minimum absolute atomic E-state index is 0.276. The van der Waals surface area contributed by atoms with E-state index in [0.29, 0.717) is 0 Å². The summed E-state index contributed by atoms with van der Waals surface area (Å²) < 4.78 is 5.32. The van der Waals surface area contributed by atoms with Crippen LogP contribution in [0.5, 0.6) is 0 Å². The zero-order valence-electron chi connectivity index (χ0n) is 7.81. The van der Waals surface area contributed by atoms with Gasteiger partial charge in [0.15, 0.2) is 0 Å². The van der Waals surface area contributed by atoms with Crippen LogP contribution in [-0.2, 0) is 4.74 Å². The lowest BCUT2D eigenvalue weighted by atomic mass is 9.90. The smallest absolute Gasteiger partial charge is 0.0495 e. The molecule has 1 aliphatic heterocycles. The van der Waals surface area contributed by atoms with E-state index in [1.807, 2.05) is 7.05 Å². The summed E-state index contributed by atoms with van der Waals surface area (Å²) in [4.78, 5) is 0. The van der Waals surface area contributed by atoms with Gasteiger partial charge in [0, 0.05) is 18.8 Å². The summed E-state index contributed by atoms with van der Waals surface area (Å²) in [6.45, 7) is 6.41. The maximum Gasteiger partial charge on any atom is 0.0495 e. The SMILES string of the molecule is CNC(C)(C)CC1CCOC1. The first-order valence-corrected chi connectivity index (χ1v) is 4.41. The van der Waals surface area contributed by atoms with E-state index in [1.165, 1.54) is 12.8 Å². The second-order valence-corrected chi connectivity index (χ2v) is 4.07. The Bertz CT molecular complexity index is 117. The van der Waals surface area contributed by atoms with Crippen LogP contribution in [0.25, 0.3) is 0 Å². The summed E-state index contributed by atoms with van der Waals surface area (Å²) in [6.07, 6.45) is 2.47. The highest BCUT2D eigenvalue weighted by molar-refractivity contribution is 4.80. The zero-order chi connectivity index (χ0) is 8.32. The molecule has 0 aromatic heterocycles. The highest BCUT2D eigenvalue weighted by Gasteiger charge is 2.24. The molecule has 1 fully saturated rings. The van der Waals surface area contributed by atoms with Gasteiger partial charge in [0.05, 0.1) is 0 Å². The zero-order valence-corrected chi connectivity index (χ0v) is 7.81. The minimum Gasteiger partial charge on any atom is -0.381 e. The van der Waals surface area contributed by atoms with E-state index in [0.717, 1.165) is 19.1 Å². The molecular weight excluding hydrogens is 138 g/mol. The van der Waals surface area contributed by atoms with Gasteiger partial charge in [-0.3, -0.25) is 0 Å². The molecule has 0 amide bonds. The Morgan fingerprint density at radius 1 is 1.55 bits per heavy atom. The third-order valence-electron chi connectivity index (χ3n) is 2.50. The van der Waals surface area contributed by atoms with Crippen LogP contribution in [0.1, 0.15) is 26.7 Å². The molecule has 1 aliphatic rings. The van der Waals surface area contributed by atoms with Gasteiger partial charge >= 0.3 is 0 Å². The molecule has 0 aliphatic carbocycles. The fourth-order valence-electron chi connectivity index (χ4n) is 1.57. The molecule has 0 aromatic carbocycles. The molecule has 0 aromatic rings. The Morgan fingerprint density at radius 3 is 2.73 bits per heavy atom. The summed E-state index contributed by atoms with van der Waals surface area (Å²) in [5, 5.41) is 3.31. The van der Waals surface area contributed by atoms with Gasteiger partial charge in [0.2, 0.25) is 0 Å². The molecule has 1 unspecified atom stereocenters. The standard InChI is InChI=1S/C9H19NO/c1-9(2,10-3)6-8-4-5-11-7-8/h8,10H,4-7H2,1-3H3. The molecule has 0 spiro atoms. The molecule has 0 bridgehead atoms. The quantitative estimate of drug-likeness (QED) is 0.669. The monoisotopic (exact) mass is 157 g/mol. The Labute approximate surface area is 69.3 Å².